The van der Waals surface area contributed by atoms with Crippen molar-refractivity contribution >= 4 is 34.5 Å². The average Bonchev–Trinajstić information content (AvgIpc) is 2.31. The maximum absolute atomic E-state index is 6.46. The van der Waals surface area contributed by atoms with Gasteiger partial charge in [0.15, 0.2) is 16.6 Å². The van der Waals surface area contributed by atoms with E-state index in [4.69, 9.17) is 17.1 Å². The Morgan fingerprint density at radius 3 is 1.91 bits per heavy atom. The van der Waals surface area contributed by atoms with Crippen molar-refractivity contribution in [2.75, 3.05) is 13.7 Å². The molecule has 8 heteroatoms. The molecule has 0 N–H and O–H groups in total. The van der Waals surface area contributed by atoms with Gasteiger partial charge in [-0.2, -0.15) is 0 Å². The fourth-order valence-electron chi connectivity index (χ4n) is 2.23. The van der Waals surface area contributed by atoms with E-state index in [1.54, 1.807) is 7.11 Å². The second-order valence-electron chi connectivity index (χ2n) is 8.90. The molecule has 0 aliphatic heterocycles. The first-order valence-electron chi connectivity index (χ1n) is 8.67. The highest BCUT2D eigenvalue weighted by atomic mass is 28.5. The van der Waals surface area contributed by atoms with E-state index in [0.717, 1.165) is 19.1 Å². The van der Waals surface area contributed by atoms with Crippen LogP contribution in [0.4, 0.5) is 0 Å². The fraction of sp³-hybridized carbons (Fsp3) is 1.00. The van der Waals surface area contributed by atoms with Crippen LogP contribution >= 0.6 is 0 Å². The molecule has 0 amide bonds. The second kappa shape index (κ2) is 8.88. The Morgan fingerprint density at radius 2 is 1.48 bits per heavy atom. The third-order valence-electron chi connectivity index (χ3n) is 4.50. The molecule has 4 nitrogen and oxygen atoms in total. The third-order valence-corrected chi connectivity index (χ3v) is 19.0. The number of hydrogen-bond donors (Lipinski definition) is 0. The molecule has 0 rings (SSSR count). The number of rotatable bonds is 10. The molecule has 0 bridgehead atoms. The predicted octanol–water partition coefficient (Wildman–Crippen LogP) is 4.84. The molecule has 140 valence electrons. The van der Waals surface area contributed by atoms with Gasteiger partial charge in [0, 0.05) is 13.7 Å². The Balaban J connectivity index is 4.34. The molecule has 0 fully saturated rings. The maximum Gasteiger partial charge on any atom is 0.312 e. The lowest BCUT2D eigenvalue weighted by Crippen LogP contribution is -2.49. The molecule has 0 saturated heterocycles. The van der Waals surface area contributed by atoms with Gasteiger partial charge in [-0.3, -0.25) is 0 Å². The van der Waals surface area contributed by atoms with Gasteiger partial charge in [0.25, 0.3) is 0 Å². The molecule has 0 saturated carbocycles. The van der Waals surface area contributed by atoms with Crippen LogP contribution in [0.3, 0.4) is 0 Å². The Labute approximate surface area is 149 Å². The van der Waals surface area contributed by atoms with Crippen molar-refractivity contribution in [3.63, 3.8) is 0 Å². The molecule has 0 aromatic carbocycles. The molecule has 0 aromatic heterocycles. The quantitative estimate of drug-likeness (QED) is 0.391. The van der Waals surface area contributed by atoms with Gasteiger partial charge >= 0.3 is 17.8 Å². The standard InChI is InChI=1S/C15H40O4Si4/c1-15(2,3)22(8,9)17-13-12-14-21(6,7)19-23(10,11)18-20(5)16-4/h20H,12-14H2,1-11H3. The molecule has 0 spiro atoms. The van der Waals surface area contributed by atoms with E-state index >= 15 is 0 Å². The molecule has 0 aromatic rings. The van der Waals surface area contributed by atoms with Crippen LogP contribution in [-0.2, 0) is 17.1 Å². The van der Waals surface area contributed by atoms with Crippen LogP contribution in [0.5, 0.6) is 0 Å². The lowest BCUT2D eigenvalue weighted by molar-refractivity contribution is 0.282. The first kappa shape index (κ1) is 23.7. The van der Waals surface area contributed by atoms with Gasteiger partial charge in [0.2, 0.25) is 0 Å². The smallest absolute Gasteiger partial charge is 0.312 e. The molecule has 23 heavy (non-hydrogen) atoms. The molecule has 0 radical (unpaired) electrons. The topological polar surface area (TPSA) is 36.9 Å². The van der Waals surface area contributed by atoms with Crippen molar-refractivity contribution in [1.82, 2.24) is 0 Å². The van der Waals surface area contributed by atoms with Gasteiger partial charge in [-0.25, -0.2) is 0 Å². The lowest BCUT2D eigenvalue weighted by atomic mass is 10.2. The Hall–Kier alpha value is 0.708. The van der Waals surface area contributed by atoms with E-state index in [1.807, 2.05) is 0 Å². The fourth-order valence-corrected chi connectivity index (χ4v) is 14.3. The van der Waals surface area contributed by atoms with Gasteiger partial charge in [-0.15, -0.1) is 0 Å². The zero-order chi connectivity index (χ0) is 18.5. The summed E-state index contributed by atoms with van der Waals surface area (Å²) >= 11 is 0. The van der Waals surface area contributed by atoms with Crippen LogP contribution in [0.25, 0.3) is 0 Å². The summed E-state index contributed by atoms with van der Waals surface area (Å²) in [6, 6.07) is 1.12. The van der Waals surface area contributed by atoms with E-state index in [2.05, 4.69) is 66.6 Å². The third kappa shape index (κ3) is 9.69. The first-order valence-corrected chi connectivity index (χ1v) is 19.6. The van der Waals surface area contributed by atoms with Crippen LogP contribution < -0.4 is 0 Å². The van der Waals surface area contributed by atoms with E-state index in [1.165, 1.54) is 0 Å². The molecular formula is C15H40O4Si4. The van der Waals surface area contributed by atoms with Crippen molar-refractivity contribution in [2.24, 2.45) is 0 Å². The Morgan fingerprint density at radius 1 is 0.957 bits per heavy atom. The highest BCUT2D eigenvalue weighted by Crippen LogP contribution is 2.36. The van der Waals surface area contributed by atoms with Crippen LogP contribution in [0, 0.1) is 0 Å². The SMILES string of the molecule is CO[SiH](C)O[Si](C)(C)O[Si](C)(C)CCCO[Si](C)(C)C(C)(C)C. The van der Waals surface area contributed by atoms with Crippen LogP contribution in [0.1, 0.15) is 27.2 Å². The summed E-state index contributed by atoms with van der Waals surface area (Å²) in [5, 5.41) is 0.278. The summed E-state index contributed by atoms with van der Waals surface area (Å²) in [6.45, 7) is 23.2. The maximum atomic E-state index is 6.46. The molecular weight excluding hydrogens is 357 g/mol. The van der Waals surface area contributed by atoms with Crippen LogP contribution in [-0.4, -0.2) is 48.2 Å². The van der Waals surface area contributed by atoms with Gasteiger partial charge in [0.05, 0.1) is 0 Å². The van der Waals surface area contributed by atoms with E-state index in [-0.39, 0.29) is 5.04 Å². The summed E-state index contributed by atoms with van der Waals surface area (Å²) in [5.41, 5.74) is 0. The van der Waals surface area contributed by atoms with Crippen molar-refractivity contribution in [1.29, 1.82) is 0 Å². The molecule has 0 aliphatic carbocycles. The van der Waals surface area contributed by atoms with Crippen molar-refractivity contribution in [2.45, 2.75) is 84.1 Å². The van der Waals surface area contributed by atoms with Crippen LogP contribution in [0.2, 0.25) is 56.9 Å². The zero-order valence-electron chi connectivity index (χ0n) is 17.3. The monoisotopic (exact) mass is 396 g/mol. The summed E-state index contributed by atoms with van der Waals surface area (Å²) < 4.78 is 24.1. The normalized spacial score (nSPS) is 15.8. The molecule has 1 atom stereocenters. The van der Waals surface area contributed by atoms with E-state index in [9.17, 15) is 0 Å². The van der Waals surface area contributed by atoms with E-state index < -0.39 is 34.5 Å². The predicted molar refractivity (Wildman–Crippen MR) is 110 cm³/mol. The van der Waals surface area contributed by atoms with Gasteiger partial charge in [-0.05, 0) is 63.3 Å². The van der Waals surface area contributed by atoms with Crippen molar-refractivity contribution in [3.05, 3.63) is 0 Å². The zero-order valence-corrected chi connectivity index (χ0v) is 21.5. The van der Waals surface area contributed by atoms with Gasteiger partial charge in [0.1, 0.15) is 0 Å². The summed E-state index contributed by atoms with van der Waals surface area (Å²) in [7, 11) is -5.24. The highest BCUT2D eigenvalue weighted by Gasteiger charge is 2.38. The molecule has 0 heterocycles. The van der Waals surface area contributed by atoms with Crippen molar-refractivity contribution in [3.8, 4) is 0 Å². The Bertz CT molecular complexity index is 354. The minimum absolute atomic E-state index is 0.278. The minimum atomic E-state index is -2.08. The molecule has 1 unspecified atom stereocenters. The van der Waals surface area contributed by atoms with Crippen molar-refractivity contribution < 1.29 is 17.1 Å². The number of hydrogen-bond acceptors (Lipinski definition) is 4. The summed E-state index contributed by atoms with van der Waals surface area (Å²) in [5.74, 6) is 0. The first-order chi connectivity index (χ1) is 10.1. The van der Waals surface area contributed by atoms with Gasteiger partial charge in [-0.1, -0.05) is 20.8 Å². The minimum Gasteiger partial charge on any atom is -0.436 e. The second-order valence-corrected chi connectivity index (χ2v) is 23.9. The van der Waals surface area contributed by atoms with E-state index in [0.29, 0.717) is 0 Å². The summed E-state index contributed by atoms with van der Waals surface area (Å²) in [6.07, 6.45) is 1.08. The largest absolute Gasteiger partial charge is 0.436 e. The average molecular weight is 397 g/mol. The highest BCUT2D eigenvalue weighted by molar-refractivity contribution is 6.84. The molecule has 0 aliphatic rings. The van der Waals surface area contributed by atoms with Gasteiger partial charge < -0.3 is 17.1 Å². The Kier molecular flexibility index (Phi) is 9.16. The lowest BCUT2D eigenvalue weighted by Gasteiger charge is -2.37. The van der Waals surface area contributed by atoms with Crippen LogP contribution in [0.15, 0.2) is 0 Å². The summed E-state index contributed by atoms with van der Waals surface area (Å²) in [4.78, 5) is 0.